The standard InChI is InChI=1S/C9H15NO4S/c1-13-9(12)7-5-14-4-3-10(7)8(11)6-15-2/h7H,3-6H2,1-2H3. The second kappa shape index (κ2) is 5.97. The third kappa shape index (κ3) is 3.10. The van der Waals surface area contributed by atoms with Crippen molar-refractivity contribution in [3.05, 3.63) is 0 Å². The van der Waals surface area contributed by atoms with Gasteiger partial charge in [-0.2, -0.15) is 11.8 Å². The molecule has 1 aliphatic heterocycles. The highest BCUT2D eigenvalue weighted by molar-refractivity contribution is 7.99. The van der Waals surface area contributed by atoms with E-state index in [1.165, 1.54) is 23.8 Å². The summed E-state index contributed by atoms with van der Waals surface area (Å²) in [6, 6.07) is -0.580. The van der Waals surface area contributed by atoms with Gasteiger partial charge in [0.15, 0.2) is 6.04 Å². The Morgan fingerprint density at radius 1 is 1.60 bits per heavy atom. The lowest BCUT2D eigenvalue weighted by Crippen LogP contribution is -2.53. The minimum atomic E-state index is -0.580. The lowest BCUT2D eigenvalue weighted by molar-refractivity contribution is -0.159. The molecule has 1 heterocycles. The number of nitrogens with zero attached hydrogens (tertiary/aromatic N) is 1. The maximum absolute atomic E-state index is 11.7. The first-order chi connectivity index (χ1) is 7.20. The number of methoxy groups -OCH3 is 1. The van der Waals surface area contributed by atoms with Gasteiger partial charge >= 0.3 is 5.97 Å². The van der Waals surface area contributed by atoms with Crippen molar-refractivity contribution in [3.63, 3.8) is 0 Å². The summed E-state index contributed by atoms with van der Waals surface area (Å²) in [4.78, 5) is 24.6. The number of hydrogen-bond donors (Lipinski definition) is 0. The van der Waals surface area contributed by atoms with E-state index in [0.29, 0.717) is 18.9 Å². The molecule has 0 N–H and O–H groups in total. The van der Waals surface area contributed by atoms with Gasteiger partial charge in [-0.3, -0.25) is 4.79 Å². The third-order valence-electron chi connectivity index (χ3n) is 2.19. The van der Waals surface area contributed by atoms with Crippen LogP contribution in [-0.4, -0.2) is 61.7 Å². The van der Waals surface area contributed by atoms with Crippen molar-refractivity contribution in [2.24, 2.45) is 0 Å². The Morgan fingerprint density at radius 3 is 2.93 bits per heavy atom. The quantitative estimate of drug-likeness (QED) is 0.629. The summed E-state index contributed by atoms with van der Waals surface area (Å²) in [7, 11) is 1.31. The normalized spacial score (nSPS) is 21.2. The maximum Gasteiger partial charge on any atom is 0.331 e. The Morgan fingerprint density at radius 2 is 2.33 bits per heavy atom. The molecule has 0 aromatic heterocycles. The molecule has 0 saturated carbocycles. The second-order valence-electron chi connectivity index (χ2n) is 3.13. The number of carbonyl (C=O) groups excluding carboxylic acids is 2. The Labute approximate surface area is 93.1 Å². The van der Waals surface area contributed by atoms with Crippen LogP contribution in [-0.2, 0) is 19.1 Å². The molecular weight excluding hydrogens is 218 g/mol. The lowest BCUT2D eigenvalue weighted by Gasteiger charge is -2.33. The molecule has 15 heavy (non-hydrogen) atoms. The summed E-state index contributed by atoms with van der Waals surface area (Å²) in [6.07, 6.45) is 1.85. The largest absolute Gasteiger partial charge is 0.467 e. The Balaban J connectivity index is 2.65. The van der Waals surface area contributed by atoms with Gasteiger partial charge in [0.1, 0.15) is 0 Å². The van der Waals surface area contributed by atoms with Crippen LogP contribution in [0.15, 0.2) is 0 Å². The number of carbonyl (C=O) groups is 2. The van der Waals surface area contributed by atoms with Crippen molar-refractivity contribution >= 4 is 23.6 Å². The molecule has 1 atom stereocenters. The van der Waals surface area contributed by atoms with Crippen LogP contribution < -0.4 is 0 Å². The minimum Gasteiger partial charge on any atom is -0.467 e. The Kier molecular flexibility index (Phi) is 4.90. The van der Waals surface area contributed by atoms with E-state index in [-0.39, 0.29) is 12.5 Å². The van der Waals surface area contributed by atoms with E-state index in [0.717, 1.165) is 0 Å². The van der Waals surface area contributed by atoms with Crippen LogP contribution in [0.2, 0.25) is 0 Å². The molecule has 6 heteroatoms. The summed E-state index contributed by atoms with van der Waals surface area (Å²) in [5.74, 6) is -0.0709. The van der Waals surface area contributed by atoms with Gasteiger partial charge in [-0.15, -0.1) is 0 Å². The monoisotopic (exact) mass is 233 g/mol. The number of morpholine rings is 1. The van der Waals surface area contributed by atoms with Crippen molar-refractivity contribution in [2.75, 3.05) is 38.9 Å². The van der Waals surface area contributed by atoms with E-state index in [1.54, 1.807) is 0 Å². The molecule has 0 aliphatic carbocycles. The minimum absolute atomic E-state index is 0.0406. The van der Waals surface area contributed by atoms with E-state index < -0.39 is 12.0 Å². The van der Waals surface area contributed by atoms with Crippen molar-refractivity contribution in [1.82, 2.24) is 4.90 Å². The van der Waals surface area contributed by atoms with Gasteiger partial charge in [-0.25, -0.2) is 4.79 Å². The molecule has 86 valence electrons. The maximum atomic E-state index is 11.7. The Bertz CT molecular complexity index is 246. The molecule has 0 bridgehead atoms. The van der Waals surface area contributed by atoms with Gasteiger partial charge in [0.05, 0.1) is 26.1 Å². The fraction of sp³-hybridized carbons (Fsp3) is 0.778. The molecule has 0 aromatic carbocycles. The number of thioether (sulfide) groups is 1. The van der Waals surface area contributed by atoms with Gasteiger partial charge in [0.25, 0.3) is 0 Å². The average Bonchev–Trinajstić information content (AvgIpc) is 2.28. The molecule has 1 aliphatic rings. The van der Waals surface area contributed by atoms with Gasteiger partial charge < -0.3 is 14.4 Å². The fourth-order valence-corrected chi connectivity index (χ4v) is 1.85. The highest BCUT2D eigenvalue weighted by Gasteiger charge is 2.33. The topological polar surface area (TPSA) is 55.8 Å². The van der Waals surface area contributed by atoms with E-state index >= 15 is 0 Å². The molecule has 0 radical (unpaired) electrons. The molecule has 0 aromatic rings. The molecule has 5 nitrogen and oxygen atoms in total. The van der Waals surface area contributed by atoms with Gasteiger partial charge in [-0.05, 0) is 6.26 Å². The predicted octanol–water partition coefficient (Wildman–Crippen LogP) is -0.250. The highest BCUT2D eigenvalue weighted by Crippen LogP contribution is 2.10. The number of rotatable bonds is 3. The first kappa shape index (κ1) is 12.3. The number of amides is 1. The second-order valence-corrected chi connectivity index (χ2v) is 4.00. The zero-order valence-corrected chi connectivity index (χ0v) is 9.71. The summed E-state index contributed by atoms with van der Waals surface area (Å²) in [5, 5.41) is 0. The van der Waals surface area contributed by atoms with Crippen LogP contribution in [0.4, 0.5) is 0 Å². The fourth-order valence-electron chi connectivity index (χ4n) is 1.44. The SMILES string of the molecule is COC(=O)C1COCCN1C(=O)CSC. The highest BCUT2D eigenvalue weighted by atomic mass is 32.2. The number of esters is 1. The van der Waals surface area contributed by atoms with E-state index in [2.05, 4.69) is 4.74 Å². The van der Waals surface area contributed by atoms with E-state index in [1.807, 2.05) is 6.26 Å². The molecule has 1 amide bonds. The van der Waals surface area contributed by atoms with Crippen molar-refractivity contribution < 1.29 is 19.1 Å². The molecular formula is C9H15NO4S. The zero-order chi connectivity index (χ0) is 11.3. The van der Waals surface area contributed by atoms with Crippen LogP contribution in [0.5, 0.6) is 0 Å². The van der Waals surface area contributed by atoms with Gasteiger partial charge in [0.2, 0.25) is 5.91 Å². The number of hydrogen-bond acceptors (Lipinski definition) is 5. The van der Waals surface area contributed by atoms with Gasteiger partial charge in [-0.1, -0.05) is 0 Å². The summed E-state index contributed by atoms with van der Waals surface area (Å²) in [6.45, 7) is 1.17. The summed E-state index contributed by atoms with van der Waals surface area (Å²) >= 11 is 1.44. The molecule has 1 fully saturated rings. The van der Waals surface area contributed by atoms with Crippen molar-refractivity contribution in [2.45, 2.75) is 6.04 Å². The van der Waals surface area contributed by atoms with Crippen LogP contribution in [0.1, 0.15) is 0 Å². The van der Waals surface area contributed by atoms with E-state index in [4.69, 9.17) is 4.74 Å². The van der Waals surface area contributed by atoms with Crippen molar-refractivity contribution in [3.8, 4) is 0 Å². The van der Waals surface area contributed by atoms with Crippen LogP contribution in [0.3, 0.4) is 0 Å². The first-order valence-electron chi connectivity index (χ1n) is 4.64. The molecule has 1 rings (SSSR count). The average molecular weight is 233 g/mol. The van der Waals surface area contributed by atoms with E-state index in [9.17, 15) is 9.59 Å². The van der Waals surface area contributed by atoms with Crippen LogP contribution in [0.25, 0.3) is 0 Å². The van der Waals surface area contributed by atoms with Crippen LogP contribution >= 0.6 is 11.8 Å². The van der Waals surface area contributed by atoms with Crippen LogP contribution in [0, 0.1) is 0 Å². The molecule has 0 spiro atoms. The smallest absolute Gasteiger partial charge is 0.331 e. The zero-order valence-electron chi connectivity index (χ0n) is 8.89. The van der Waals surface area contributed by atoms with Gasteiger partial charge in [0, 0.05) is 6.54 Å². The lowest BCUT2D eigenvalue weighted by atomic mass is 10.2. The van der Waals surface area contributed by atoms with Crippen molar-refractivity contribution in [1.29, 1.82) is 0 Å². The number of ether oxygens (including phenoxy) is 2. The molecule has 1 saturated heterocycles. The Hall–Kier alpha value is -0.750. The first-order valence-corrected chi connectivity index (χ1v) is 6.04. The summed E-state index contributed by atoms with van der Waals surface area (Å²) < 4.78 is 9.79. The third-order valence-corrected chi connectivity index (χ3v) is 2.73. The molecule has 1 unspecified atom stereocenters. The summed E-state index contributed by atoms with van der Waals surface area (Å²) in [5.41, 5.74) is 0. The predicted molar refractivity (Wildman–Crippen MR) is 56.7 cm³/mol.